The molecule has 1 aliphatic heterocycles. The molecule has 1 fully saturated rings. The highest BCUT2D eigenvalue weighted by molar-refractivity contribution is 6.31. The molecule has 29 heavy (non-hydrogen) atoms. The summed E-state index contributed by atoms with van der Waals surface area (Å²) in [5, 5.41) is 2.97. The Kier molecular flexibility index (Phi) is 6.13. The van der Waals surface area contributed by atoms with Gasteiger partial charge in [-0.3, -0.25) is 19.3 Å². The predicted octanol–water partition coefficient (Wildman–Crippen LogP) is 2.80. The van der Waals surface area contributed by atoms with Gasteiger partial charge in [-0.25, -0.2) is 4.79 Å². The van der Waals surface area contributed by atoms with Crippen LogP contribution >= 0.6 is 11.6 Å². The lowest BCUT2D eigenvalue weighted by Gasteiger charge is -2.14. The lowest BCUT2D eigenvalue weighted by atomic mass is 10.2. The van der Waals surface area contributed by atoms with Crippen LogP contribution in [0.25, 0.3) is 0 Å². The number of nitrogens with zero attached hydrogens (tertiary/aromatic N) is 1. The van der Waals surface area contributed by atoms with E-state index in [2.05, 4.69) is 5.32 Å². The predicted molar refractivity (Wildman–Crippen MR) is 105 cm³/mol. The first-order valence-electron chi connectivity index (χ1n) is 8.65. The number of amides is 3. The minimum atomic E-state index is -0.719. The van der Waals surface area contributed by atoms with Crippen molar-refractivity contribution >= 4 is 46.7 Å². The second kappa shape index (κ2) is 8.74. The molecule has 0 saturated carbocycles. The van der Waals surface area contributed by atoms with E-state index in [1.807, 2.05) is 0 Å². The topological polar surface area (TPSA) is 102 Å². The van der Waals surface area contributed by atoms with Gasteiger partial charge < -0.3 is 14.8 Å². The fourth-order valence-electron chi connectivity index (χ4n) is 2.79. The number of hydrogen-bond donors (Lipinski definition) is 1. The molecule has 2 aromatic rings. The number of ether oxygens (including phenoxy) is 2. The molecule has 0 aromatic heterocycles. The van der Waals surface area contributed by atoms with E-state index in [0.717, 1.165) is 4.90 Å². The second-order valence-electron chi connectivity index (χ2n) is 6.14. The van der Waals surface area contributed by atoms with Gasteiger partial charge in [0.15, 0.2) is 6.61 Å². The highest BCUT2D eigenvalue weighted by Crippen LogP contribution is 2.27. The van der Waals surface area contributed by atoms with Gasteiger partial charge in [0.25, 0.3) is 5.91 Å². The summed E-state index contributed by atoms with van der Waals surface area (Å²) in [7, 11) is 1.45. The zero-order chi connectivity index (χ0) is 21.0. The van der Waals surface area contributed by atoms with Crippen LogP contribution in [0, 0.1) is 0 Å². The van der Waals surface area contributed by atoms with E-state index in [1.165, 1.54) is 37.4 Å². The molecule has 1 saturated heterocycles. The van der Waals surface area contributed by atoms with Gasteiger partial charge in [0.1, 0.15) is 5.75 Å². The van der Waals surface area contributed by atoms with Gasteiger partial charge in [0, 0.05) is 17.9 Å². The Morgan fingerprint density at radius 1 is 1.07 bits per heavy atom. The van der Waals surface area contributed by atoms with Crippen LogP contribution in [0.4, 0.5) is 11.4 Å². The average molecular weight is 417 g/mol. The molecule has 2 aromatic carbocycles. The molecular weight excluding hydrogens is 400 g/mol. The maximum Gasteiger partial charge on any atom is 0.338 e. The highest BCUT2D eigenvalue weighted by Gasteiger charge is 2.30. The van der Waals surface area contributed by atoms with Crippen LogP contribution < -0.4 is 15.0 Å². The number of methoxy groups -OCH3 is 1. The number of imide groups is 1. The van der Waals surface area contributed by atoms with Crippen LogP contribution in [0.15, 0.2) is 42.5 Å². The first kappa shape index (κ1) is 20.3. The fraction of sp³-hybridized carbons (Fsp3) is 0.200. The minimum Gasteiger partial charge on any atom is -0.495 e. The van der Waals surface area contributed by atoms with Gasteiger partial charge in [0.2, 0.25) is 11.8 Å². The third-order valence-corrected chi connectivity index (χ3v) is 4.42. The summed E-state index contributed by atoms with van der Waals surface area (Å²) in [6, 6.07) is 10.5. The normalized spacial score (nSPS) is 13.4. The van der Waals surface area contributed by atoms with Crippen LogP contribution in [0.3, 0.4) is 0 Å². The highest BCUT2D eigenvalue weighted by atomic mass is 35.5. The Labute approximate surface area is 171 Å². The number of rotatable bonds is 6. The molecule has 3 rings (SSSR count). The van der Waals surface area contributed by atoms with Crippen molar-refractivity contribution in [2.75, 3.05) is 23.9 Å². The van der Waals surface area contributed by atoms with E-state index in [-0.39, 0.29) is 30.2 Å². The maximum absolute atomic E-state index is 12.1. The van der Waals surface area contributed by atoms with Gasteiger partial charge in [-0.05, 0) is 42.5 Å². The Hall–Kier alpha value is -3.39. The number of esters is 1. The van der Waals surface area contributed by atoms with Crippen molar-refractivity contribution in [1.29, 1.82) is 0 Å². The zero-order valence-corrected chi connectivity index (χ0v) is 16.2. The fourth-order valence-corrected chi connectivity index (χ4v) is 2.96. The van der Waals surface area contributed by atoms with Crippen molar-refractivity contribution in [1.82, 2.24) is 0 Å². The Bertz CT molecular complexity index is 957. The maximum atomic E-state index is 12.1. The SMILES string of the molecule is COc1ccc(Cl)cc1NC(=O)COC(=O)c1ccc(N2C(=O)CCC2=O)cc1. The molecule has 0 atom stereocenters. The van der Waals surface area contributed by atoms with Gasteiger partial charge in [-0.1, -0.05) is 11.6 Å². The van der Waals surface area contributed by atoms with E-state index in [4.69, 9.17) is 21.1 Å². The number of carbonyl (C=O) groups is 4. The summed E-state index contributed by atoms with van der Waals surface area (Å²) in [6.07, 6.45) is 0.351. The second-order valence-corrected chi connectivity index (χ2v) is 6.58. The van der Waals surface area contributed by atoms with E-state index < -0.39 is 18.5 Å². The number of halogens is 1. The molecule has 3 amide bonds. The van der Waals surface area contributed by atoms with Crippen molar-refractivity contribution in [2.24, 2.45) is 0 Å². The van der Waals surface area contributed by atoms with Crippen LogP contribution in [-0.2, 0) is 19.1 Å². The quantitative estimate of drug-likeness (QED) is 0.574. The Morgan fingerprint density at radius 3 is 2.34 bits per heavy atom. The number of nitrogens with one attached hydrogen (secondary N) is 1. The molecule has 0 aliphatic carbocycles. The number of anilines is 2. The molecular formula is C20H17ClN2O6. The minimum absolute atomic E-state index is 0.176. The first-order valence-corrected chi connectivity index (χ1v) is 9.03. The first-order chi connectivity index (χ1) is 13.9. The van der Waals surface area contributed by atoms with Crippen LogP contribution in [0.1, 0.15) is 23.2 Å². The molecule has 150 valence electrons. The molecule has 1 heterocycles. The third kappa shape index (κ3) is 4.72. The van der Waals surface area contributed by atoms with Crippen LogP contribution in [0.5, 0.6) is 5.75 Å². The molecule has 0 spiro atoms. The van der Waals surface area contributed by atoms with Crippen molar-refractivity contribution in [3.63, 3.8) is 0 Å². The van der Waals surface area contributed by atoms with Crippen molar-refractivity contribution < 1.29 is 28.7 Å². The number of hydrogen-bond acceptors (Lipinski definition) is 6. The molecule has 0 unspecified atom stereocenters. The molecule has 1 aliphatic rings. The van der Waals surface area contributed by atoms with Gasteiger partial charge in [-0.2, -0.15) is 0 Å². The van der Waals surface area contributed by atoms with Gasteiger partial charge in [-0.15, -0.1) is 0 Å². The summed E-state index contributed by atoms with van der Waals surface area (Å²) < 4.78 is 10.1. The number of benzene rings is 2. The van der Waals surface area contributed by atoms with E-state index >= 15 is 0 Å². The largest absolute Gasteiger partial charge is 0.495 e. The molecule has 0 bridgehead atoms. The van der Waals surface area contributed by atoms with Crippen molar-refractivity contribution in [3.05, 3.63) is 53.1 Å². The zero-order valence-electron chi connectivity index (χ0n) is 15.4. The van der Waals surface area contributed by atoms with Gasteiger partial charge >= 0.3 is 5.97 Å². The molecule has 9 heteroatoms. The Morgan fingerprint density at radius 2 is 1.72 bits per heavy atom. The summed E-state index contributed by atoms with van der Waals surface area (Å²) in [5.41, 5.74) is 0.922. The third-order valence-electron chi connectivity index (χ3n) is 4.18. The summed E-state index contributed by atoms with van der Waals surface area (Å²) in [4.78, 5) is 48.8. The van der Waals surface area contributed by atoms with E-state index in [9.17, 15) is 19.2 Å². The lowest BCUT2D eigenvalue weighted by molar-refractivity contribution is -0.121. The summed E-state index contributed by atoms with van der Waals surface area (Å²) in [6.45, 7) is -0.515. The standard InChI is InChI=1S/C20H17ClN2O6/c1-28-16-7-4-13(21)10-15(16)22-17(24)11-29-20(27)12-2-5-14(6-3-12)23-18(25)8-9-19(23)26/h2-7,10H,8-9,11H2,1H3,(H,22,24). The summed E-state index contributed by atoms with van der Waals surface area (Å²) >= 11 is 5.90. The smallest absolute Gasteiger partial charge is 0.338 e. The average Bonchev–Trinajstić information content (AvgIpc) is 3.04. The van der Waals surface area contributed by atoms with Crippen molar-refractivity contribution in [2.45, 2.75) is 12.8 Å². The summed E-state index contributed by atoms with van der Waals surface area (Å²) in [5.74, 6) is -1.43. The van der Waals surface area contributed by atoms with E-state index in [0.29, 0.717) is 22.1 Å². The molecule has 0 radical (unpaired) electrons. The van der Waals surface area contributed by atoms with Crippen LogP contribution in [-0.4, -0.2) is 37.4 Å². The number of carbonyl (C=O) groups excluding carboxylic acids is 4. The van der Waals surface area contributed by atoms with E-state index in [1.54, 1.807) is 12.1 Å². The monoisotopic (exact) mass is 416 g/mol. The van der Waals surface area contributed by atoms with Crippen molar-refractivity contribution in [3.8, 4) is 5.75 Å². The Balaban J connectivity index is 1.58. The molecule has 8 nitrogen and oxygen atoms in total. The lowest BCUT2D eigenvalue weighted by Crippen LogP contribution is -2.28. The van der Waals surface area contributed by atoms with Crippen LogP contribution in [0.2, 0.25) is 5.02 Å². The van der Waals surface area contributed by atoms with Gasteiger partial charge in [0.05, 0.1) is 24.0 Å². The molecule has 1 N–H and O–H groups in total.